The molecule has 2 fully saturated rings. The molecule has 1 unspecified atom stereocenters. The number of amides is 7. The van der Waals surface area contributed by atoms with Gasteiger partial charge in [-0.15, -0.1) is 5.53 Å². The second kappa shape index (κ2) is 34.9. The van der Waals surface area contributed by atoms with Gasteiger partial charge in [0, 0.05) is 105 Å². The molecule has 1 spiro atoms. The number of ketones is 1. The lowest BCUT2D eigenvalue weighted by atomic mass is 9.92. The lowest BCUT2D eigenvalue weighted by Gasteiger charge is -2.32. The van der Waals surface area contributed by atoms with E-state index in [-0.39, 0.29) is 126 Å². The van der Waals surface area contributed by atoms with E-state index in [1.54, 1.807) is 70.3 Å². The Hall–Kier alpha value is -11.8. The van der Waals surface area contributed by atoms with Crippen LogP contribution in [0.5, 0.6) is 23.0 Å². The molecule has 0 bridgehead atoms. The standard InChI is InChI=1S/C85H100N14O14/c1-50(2)76(92-74(102)21-13-14-34-88-73(101)30-31-75(103)96-46-56-17-9-10-18-60(56)77-78(99(51(3)4)94-93-77)61-19-11-12-20-65(61)96)68(100)37-52(5)79(104)91-58-28-24-54(25-29-58)48-113-84(108)98-66-42-72(70(110-7)40-63(66)81(106)97-49-85(32-33-85)43-67(97)82(98)107)112-36-16-8-15-35-111-71-41-64-62(39-69(71)109-6)80(105)95-47-57(38-59(95)45-89-64)55-26-22-53(23-27-55)44-90-83(86)87/h9-12,17-20,22-29,39-42,45,47,50-52,59,67,76,82,93-94,107H,8,13-16,21,30-38,43-44,46,48-49H2,1-7H3,(H,88,101)(H,91,104)(H,92,102)(H4,86,87,90)/t52-,59+,67+,76+,82?/m1/s1. The fraction of sp³-hybridized carbons (Fsp3) is 0.412. The Morgan fingerprint density at radius 1 is 0.726 bits per heavy atom. The third kappa shape index (κ3) is 17.9. The van der Waals surface area contributed by atoms with Gasteiger partial charge in [0.1, 0.15) is 6.61 Å². The van der Waals surface area contributed by atoms with Crippen molar-refractivity contribution in [3.8, 4) is 23.0 Å². The van der Waals surface area contributed by atoms with Crippen molar-refractivity contribution in [1.82, 2.24) is 41.7 Å². The fourth-order valence-electron chi connectivity index (χ4n) is 15.5. The minimum absolute atomic E-state index is 0.0102. The van der Waals surface area contributed by atoms with E-state index in [9.17, 15) is 43.5 Å². The van der Waals surface area contributed by atoms with Crippen LogP contribution in [0.15, 0.2) is 133 Å². The zero-order valence-electron chi connectivity index (χ0n) is 64.9. The summed E-state index contributed by atoms with van der Waals surface area (Å²) in [5.41, 5.74) is 22.4. The molecule has 7 aliphatic rings. The maximum absolute atomic E-state index is 14.5. The van der Waals surface area contributed by atoms with Crippen LogP contribution in [0.3, 0.4) is 0 Å². The number of ether oxygens (including phenoxy) is 5. The van der Waals surface area contributed by atoms with E-state index in [1.165, 1.54) is 20.3 Å². The van der Waals surface area contributed by atoms with Gasteiger partial charge in [-0.05, 0) is 135 Å². The number of benzene rings is 6. The van der Waals surface area contributed by atoms with E-state index >= 15 is 0 Å². The summed E-state index contributed by atoms with van der Waals surface area (Å²) in [7, 11) is 2.98. The molecule has 6 aromatic rings. The van der Waals surface area contributed by atoms with Crippen molar-refractivity contribution in [2.75, 3.05) is 55.6 Å². The predicted octanol–water partition coefficient (Wildman–Crippen LogP) is 10.6. The van der Waals surface area contributed by atoms with Gasteiger partial charge in [-0.2, -0.15) is 0 Å². The second-order valence-electron chi connectivity index (χ2n) is 30.7. The largest absolute Gasteiger partial charge is 0.493 e. The number of hydrogen-bond acceptors (Lipinski definition) is 19. The number of unbranched alkanes of at least 4 members (excludes halogenated alkanes) is 3. The molecule has 594 valence electrons. The lowest BCUT2D eigenvalue weighted by Crippen LogP contribution is -2.50. The number of Topliss-reactive ketones (excluding diaryl/α,β-unsaturated/α-hetero) is 1. The average Bonchev–Trinajstić information content (AvgIpc) is 1.59. The Bertz CT molecular complexity index is 4730. The molecule has 5 atom stereocenters. The number of guanidine groups is 1. The van der Waals surface area contributed by atoms with Crippen LogP contribution in [-0.2, 0) is 48.4 Å². The summed E-state index contributed by atoms with van der Waals surface area (Å²) >= 11 is 0. The Labute approximate surface area is 657 Å². The topological polar surface area (TPSA) is 354 Å². The third-order valence-corrected chi connectivity index (χ3v) is 21.9. The van der Waals surface area contributed by atoms with Gasteiger partial charge in [-0.25, -0.2) is 9.69 Å². The summed E-state index contributed by atoms with van der Waals surface area (Å²) in [6.07, 6.45) is 6.91. The summed E-state index contributed by atoms with van der Waals surface area (Å²) < 4.78 is 30.0. The van der Waals surface area contributed by atoms with Crippen molar-refractivity contribution in [1.29, 1.82) is 5.41 Å². The van der Waals surface area contributed by atoms with Crippen LogP contribution in [0.1, 0.15) is 172 Å². The SMILES string of the molecule is COc1cc2c(cc1OCCCCCOc1cc3c(cc1OC)C(=O)N1CC4(CC4)C[C@H]1C(O)N3C(=O)OCc1ccc(NC(=O)[C@H](C)CC(=O)[C@@H](NC(=O)CCCCNC(=O)CCC(=O)N3Cc4ccccc4C4=C(c5ccccc53)N(C(C)C)NN4)C(C)C)cc1)N=C[C@@H]1CC(c3ccc(CNC(=N)N)cc3)=CN1C2=O. The van der Waals surface area contributed by atoms with Crippen LogP contribution in [-0.4, -0.2) is 150 Å². The number of carbonyl (C=O) groups excluding carboxylic acids is 8. The summed E-state index contributed by atoms with van der Waals surface area (Å²) in [4.78, 5) is 122. The Morgan fingerprint density at radius 3 is 2.12 bits per heavy atom. The zero-order chi connectivity index (χ0) is 79.8. The highest BCUT2D eigenvalue weighted by Crippen LogP contribution is 2.57. The Balaban J connectivity index is 0.551. The number of aliphatic hydroxyl groups is 1. The molecule has 1 saturated carbocycles. The molecule has 113 heavy (non-hydrogen) atoms. The van der Waals surface area contributed by atoms with E-state index in [0.717, 1.165) is 68.2 Å². The molecule has 28 nitrogen and oxygen atoms in total. The highest BCUT2D eigenvalue weighted by Gasteiger charge is 2.58. The van der Waals surface area contributed by atoms with Crippen molar-refractivity contribution in [3.05, 3.63) is 172 Å². The first-order chi connectivity index (χ1) is 54.5. The molecule has 6 aromatic carbocycles. The lowest BCUT2D eigenvalue weighted by molar-refractivity contribution is -0.130. The molecule has 7 amide bonds. The first kappa shape index (κ1) is 79.3. The molecular formula is C85H100N14O14. The maximum Gasteiger partial charge on any atom is 0.416 e. The number of carbonyl (C=O) groups is 8. The number of aliphatic hydroxyl groups excluding tert-OH is 1. The van der Waals surface area contributed by atoms with Crippen molar-refractivity contribution in [2.45, 2.75) is 168 Å². The molecule has 1 saturated heterocycles. The minimum Gasteiger partial charge on any atom is -0.493 e. The van der Waals surface area contributed by atoms with Crippen molar-refractivity contribution in [3.63, 3.8) is 0 Å². The van der Waals surface area contributed by atoms with Gasteiger partial charge >= 0.3 is 6.09 Å². The first-order valence-corrected chi connectivity index (χ1v) is 38.9. The van der Waals surface area contributed by atoms with E-state index in [1.807, 2.05) is 92.8 Å². The number of methoxy groups -OCH3 is 2. The minimum atomic E-state index is -1.47. The highest BCUT2D eigenvalue weighted by molar-refractivity contribution is 6.08. The van der Waals surface area contributed by atoms with Crippen LogP contribution in [0, 0.1) is 22.7 Å². The van der Waals surface area contributed by atoms with Gasteiger partial charge in [0.25, 0.3) is 11.8 Å². The molecule has 10 N–H and O–H groups in total. The number of hydrogen-bond donors (Lipinski definition) is 9. The summed E-state index contributed by atoms with van der Waals surface area (Å²) in [5, 5.41) is 33.2. The number of fused-ring (bicyclic) bond motifs is 8. The van der Waals surface area contributed by atoms with Crippen molar-refractivity contribution in [2.24, 2.45) is 28.0 Å². The molecule has 0 aromatic heterocycles. The van der Waals surface area contributed by atoms with E-state index < -0.39 is 36.2 Å². The first-order valence-electron chi connectivity index (χ1n) is 38.9. The van der Waals surface area contributed by atoms with Crippen LogP contribution in [0.2, 0.25) is 0 Å². The molecule has 13 rings (SSSR count). The van der Waals surface area contributed by atoms with E-state index in [4.69, 9.17) is 39.8 Å². The van der Waals surface area contributed by atoms with E-state index in [2.05, 4.69) is 51.1 Å². The maximum atomic E-state index is 14.5. The number of anilines is 3. The molecule has 1 aliphatic carbocycles. The van der Waals surface area contributed by atoms with Gasteiger partial charge in [0.15, 0.2) is 41.0 Å². The predicted molar refractivity (Wildman–Crippen MR) is 427 cm³/mol. The number of rotatable bonds is 31. The summed E-state index contributed by atoms with van der Waals surface area (Å²) in [6.45, 7) is 11.2. The van der Waals surface area contributed by atoms with E-state index in [0.29, 0.717) is 112 Å². The number of nitrogens with two attached hydrogens (primary N) is 1. The highest BCUT2D eigenvalue weighted by atomic mass is 16.6. The van der Waals surface area contributed by atoms with Gasteiger partial charge in [0.2, 0.25) is 23.6 Å². The Morgan fingerprint density at radius 2 is 1.42 bits per heavy atom. The molecule has 6 heterocycles. The van der Waals surface area contributed by atoms with Crippen LogP contribution in [0.25, 0.3) is 17.0 Å². The smallest absolute Gasteiger partial charge is 0.416 e. The Kier molecular flexibility index (Phi) is 24.5. The molecule has 6 aliphatic heterocycles. The number of hydrazine groups is 2. The normalized spacial score (nSPS) is 18.0. The molecule has 28 heteroatoms. The second-order valence-corrected chi connectivity index (χ2v) is 30.7. The third-order valence-electron chi connectivity index (χ3n) is 21.9. The number of aliphatic imine (C=N–C) groups is 1. The monoisotopic (exact) mass is 1540 g/mol. The molecule has 0 radical (unpaired) electrons. The van der Waals surface area contributed by atoms with Crippen molar-refractivity contribution >= 4 is 99.2 Å². The van der Waals surface area contributed by atoms with Crippen LogP contribution in [0.4, 0.5) is 27.5 Å². The zero-order valence-corrected chi connectivity index (χ0v) is 64.9. The van der Waals surface area contributed by atoms with Gasteiger partial charge < -0.3 is 75.9 Å². The summed E-state index contributed by atoms with van der Waals surface area (Å²) in [5.74, 6) is -1.88. The summed E-state index contributed by atoms with van der Waals surface area (Å²) in [6, 6.07) is 35.0. The quantitative estimate of drug-likeness (QED) is 0.0111. The van der Waals surface area contributed by atoms with Gasteiger partial charge in [0.05, 0.1) is 91.7 Å². The van der Waals surface area contributed by atoms with Gasteiger partial charge in [-0.3, -0.25) is 49.0 Å². The molecular weight excluding hydrogens is 1440 g/mol. The van der Waals surface area contributed by atoms with Crippen LogP contribution >= 0.6 is 0 Å². The number of nitrogens with one attached hydrogen (secondary N) is 7. The van der Waals surface area contributed by atoms with Gasteiger partial charge in [-0.1, -0.05) is 99.6 Å². The fourth-order valence-corrected chi connectivity index (χ4v) is 15.5. The number of nitrogens with zero attached hydrogens (tertiary/aromatic N) is 6. The average molecular weight is 1540 g/mol. The van der Waals surface area contributed by atoms with Crippen LogP contribution < -0.4 is 66.7 Å². The van der Waals surface area contributed by atoms with Crippen molar-refractivity contribution < 1.29 is 67.1 Å². The number of para-hydroxylation sites is 1.